The van der Waals surface area contributed by atoms with E-state index >= 15 is 0 Å². The molecule has 2 aromatic heterocycles. The number of nitrogens with two attached hydrogens (primary N) is 1. The van der Waals surface area contributed by atoms with Gasteiger partial charge in [0.15, 0.2) is 11.2 Å². The number of hydrogen-bond acceptors (Lipinski definition) is 8. The maximum absolute atomic E-state index is 12.9. The first kappa shape index (κ1) is 19.0. The Bertz CT molecular complexity index is 1050. The second-order valence-electron chi connectivity index (χ2n) is 6.92. The summed E-state index contributed by atoms with van der Waals surface area (Å²) in [6.45, 7) is 5.49. The maximum atomic E-state index is 12.9. The molecule has 0 saturated carbocycles. The summed E-state index contributed by atoms with van der Waals surface area (Å²) < 4.78 is 5.54. The molecule has 4 rings (SSSR count). The Balaban J connectivity index is 1.67. The number of anilines is 1. The van der Waals surface area contributed by atoms with Crippen LogP contribution in [-0.4, -0.2) is 75.5 Å². The summed E-state index contributed by atoms with van der Waals surface area (Å²) in [6.07, 6.45) is 1.62. The fraction of sp³-hybridized carbons (Fsp3) is 0.350. The third-order valence-corrected chi connectivity index (χ3v) is 4.87. The fourth-order valence-electron chi connectivity index (χ4n) is 3.28. The zero-order valence-corrected chi connectivity index (χ0v) is 16.5. The topological polar surface area (TPSA) is 110 Å². The van der Waals surface area contributed by atoms with Crippen molar-refractivity contribution in [1.29, 1.82) is 0 Å². The minimum absolute atomic E-state index is 0.0276. The SMILES string of the molecule is CCOc1nc(N)nc2ncc(-c3cccc(C(=O)N4CCN(C)CC4)c3)nc12. The third-order valence-electron chi connectivity index (χ3n) is 4.87. The number of likely N-dealkylation sites (N-methyl/N-ethyl adjacent to an activating group) is 1. The minimum Gasteiger partial charge on any atom is -0.476 e. The molecule has 0 atom stereocenters. The summed E-state index contributed by atoms with van der Waals surface area (Å²) >= 11 is 0. The number of amides is 1. The lowest BCUT2D eigenvalue weighted by molar-refractivity contribution is 0.0664. The van der Waals surface area contributed by atoms with Gasteiger partial charge in [-0.2, -0.15) is 9.97 Å². The van der Waals surface area contributed by atoms with Crippen LogP contribution in [0.5, 0.6) is 5.88 Å². The molecule has 9 nitrogen and oxygen atoms in total. The number of aromatic nitrogens is 4. The van der Waals surface area contributed by atoms with E-state index in [0.29, 0.717) is 34.9 Å². The van der Waals surface area contributed by atoms with Gasteiger partial charge in [0.25, 0.3) is 5.91 Å². The minimum atomic E-state index is 0.0276. The first-order valence-electron chi connectivity index (χ1n) is 9.56. The van der Waals surface area contributed by atoms with Crippen molar-refractivity contribution in [2.45, 2.75) is 6.92 Å². The molecule has 0 unspecified atom stereocenters. The molecule has 9 heteroatoms. The van der Waals surface area contributed by atoms with Gasteiger partial charge in [0.05, 0.1) is 18.5 Å². The summed E-state index contributed by atoms with van der Waals surface area (Å²) in [5, 5.41) is 0. The highest BCUT2D eigenvalue weighted by molar-refractivity contribution is 5.95. The molecule has 150 valence electrons. The summed E-state index contributed by atoms with van der Waals surface area (Å²) in [7, 11) is 2.06. The number of piperazine rings is 1. The average molecular weight is 393 g/mol. The van der Waals surface area contributed by atoms with Crippen molar-refractivity contribution in [3.05, 3.63) is 36.0 Å². The molecule has 29 heavy (non-hydrogen) atoms. The van der Waals surface area contributed by atoms with Crippen molar-refractivity contribution in [2.75, 3.05) is 45.6 Å². The molecule has 0 spiro atoms. The molecule has 1 saturated heterocycles. The average Bonchev–Trinajstić information content (AvgIpc) is 2.74. The highest BCUT2D eigenvalue weighted by Crippen LogP contribution is 2.25. The van der Waals surface area contributed by atoms with Crippen LogP contribution in [0.15, 0.2) is 30.5 Å². The summed E-state index contributed by atoms with van der Waals surface area (Å²) in [5.74, 6) is 0.414. The standard InChI is InChI=1S/C20H23N7O2/c1-3-29-18-16-17(24-20(21)25-18)22-12-15(23-16)13-5-4-6-14(11-13)19(28)27-9-7-26(2)8-10-27/h4-6,11-12H,3,7-10H2,1-2H3,(H2,21,22,24,25). The number of benzene rings is 1. The van der Waals surface area contributed by atoms with E-state index in [9.17, 15) is 4.79 Å². The Hall–Kier alpha value is -3.33. The fourth-order valence-corrected chi connectivity index (χ4v) is 3.28. The molecular formula is C20H23N7O2. The number of hydrogen-bond donors (Lipinski definition) is 1. The predicted octanol–water partition coefficient (Wildman–Crippen LogP) is 1.46. The lowest BCUT2D eigenvalue weighted by Crippen LogP contribution is -2.47. The van der Waals surface area contributed by atoms with Crippen molar-refractivity contribution in [2.24, 2.45) is 0 Å². The Labute approximate surface area is 168 Å². The van der Waals surface area contributed by atoms with Gasteiger partial charge in [-0.15, -0.1) is 0 Å². The van der Waals surface area contributed by atoms with Gasteiger partial charge in [0.2, 0.25) is 11.8 Å². The molecule has 3 aromatic rings. The van der Waals surface area contributed by atoms with E-state index in [4.69, 9.17) is 10.5 Å². The van der Waals surface area contributed by atoms with E-state index < -0.39 is 0 Å². The van der Waals surface area contributed by atoms with Crippen molar-refractivity contribution >= 4 is 23.0 Å². The Kier molecular flexibility index (Phi) is 5.22. The second kappa shape index (κ2) is 7.96. The van der Waals surface area contributed by atoms with Gasteiger partial charge in [0.1, 0.15) is 0 Å². The van der Waals surface area contributed by atoms with E-state index in [2.05, 4.69) is 31.9 Å². The van der Waals surface area contributed by atoms with Crippen LogP contribution in [-0.2, 0) is 0 Å². The lowest BCUT2D eigenvalue weighted by Gasteiger charge is -2.32. The normalized spacial score (nSPS) is 14.9. The molecule has 1 aliphatic rings. The van der Waals surface area contributed by atoms with Crippen LogP contribution in [0.25, 0.3) is 22.4 Å². The van der Waals surface area contributed by atoms with Gasteiger partial charge in [-0.05, 0) is 26.1 Å². The number of rotatable bonds is 4. The lowest BCUT2D eigenvalue weighted by atomic mass is 10.1. The van der Waals surface area contributed by atoms with Gasteiger partial charge in [-0.25, -0.2) is 9.97 Å². The van der Waals surface area contributed by atoms with Crippen molar-refractivity contribution < 1.29 is 9.53 Å². The molecule has 3 heterocycles. The number of nitrogen functional groups attached to an aromatic ring is 1. The number of fused-ring (bicyclic) bond motifs is 1. The maximum Gasteiger partial charge on any atom is 0.253 e. The van der Waals surface area contributed by atoms with Crippen LogP contribution >= 0.6 is 0 Å². The van der Waals surface area contributed by atoms with E-state index in [1.165, 1.54) is 0 Å². The third kappa shape index (κ3) is 3.95. The highest BCUT2D eigenvalue weighted by atomic mass is 16.5. The van der Waals surface area contributed by atoms with Crippen LogP contribution in [0.2, 0.25) is 0 Å². The molecule has 1 fully saturated rings. The van der Waals surface area contributed by atoms with Crippen LogP contribution in [0, 0.1) is 0 Å². The monoisotopic (exact) mass is 393 g/mol. The quantitative estimate of drug-likeness (QED) is 0.709. The molecule has 0 aliphatic carbocycles. The van der Waals surface area contributed by atoms with Crippen molar-refractivity contribution in [1.82, 2.24) is 29.7 Å². The van der Waals surface area contributed by atoms with Gasteiger partial charge in [0, 0.05) is 37.3 Å². The molecule has 1 aromatic carbocycles. The van der Waals surface area contributed by atoms with Gasteiger partial charge >= 0.3 is 0 Å². The van der Waals surface area contributed by atoms with Crippen molar-refractivity contribution in [3.63, 3.8) is 0 Å². The Morgan fingerprint density at radius 1 is 1.17 bits per heavy atom. The number of carbonyl (C=O) groups excluding carboxylic acids is 1. The molecule has 2 N–H and O–H groups in total. The molecule has 0 radical (unpaired) electrons. The first-order chi connectivity index (χ1) is 14.0. The van der Waals surface area contributed by atoms with Crippen molar-refractivity contribution in [3.8, 4) is 17.1 Å². The number of carbonyl (C=O) groups is 1. The predicted molar refractivity (Wildman–Crippen MR) is 110 cm³/mol. The molecule has 1 amide bonds. The number of ether oxygens (including phenoxy) is 1. The zero-order valence-electron chi connectivity index (χ0n) is 16.5. The summed E-state index contributed by atoms with van der Waals surface area (Å²) in [4.78, 5) is 34.2. The summed E-state index contributed by atoms with van der Waals surface area (Å²) in [6, 6.07) is 7.42. The Morgan fingerprint density at radius 2 is 1.97 bits per heavy atom. The smallest absolute Gasteiger partial charge is 0.253 e. The molecular weight excluding hydrogens is 370 g/mol. The molecule has 1 aliphatic heterocycles. The second-order valence-corrected chi connectivity index (χ2v) is 6.92. The first-order valence-corrected chi connectivity index (χ1v) is 9.56. The molecule has 0 bridgehead atoms. The van der Waals surface area contributed by atoms with Gasteiger partial charge < -0.3 is 20.3 Å². The Morgan fingerprint density at radius 3 is 2.72 bits per heavy atom. The van der Waals surface area contributed by atoms with E-state index in [0.717, 1.165) is 31.7 Å². The van der Waals surface area contributed by atoms with Crippen LogP contribution in [0.1, 0.15) is 17.3 Å². The van der Waals surface area contributed by atoms with Crippen LogP contribution < -0.4 is 10.5 Å². The van der Waals surface area contributed by atoms with E-state index in [1.807, 2.05) is 36.1 Å². The van der Waals surface area contributed by atoms with E-state index in [1.54, 1.807) is 6.20 Å². The largest absolute Gasteiger partial charge is 0.476 e. The summed E-state index contributed by atoms with van der Waals surface area (Å²) in [5.41, 5.74) is 8.56. The number of nitrogens with zero attached hydrogens (tertiary/aromatic N) is 6. The van der Waals surface area contributed by atoms with Crippen LogP contribution in [0.4, 0.5) is 5.95 Å². The van der Waals surface area contributed by atoms with Gasteiger partial charge in [-0.1, -0.05) is 12.1 Å². The highest BCUT2D eigenvalue weighted by Gasteiger charge is 2.21. The van der Waals surface area contributed by atoms with Gasteiger partial charge in [-0.3, -0.25) is 4.79 Å². The van der Waals surface area contributed by atoms with Crippen LogP contribution in [0.3, 0.4) is 0 Å². The van der Waals surface area contributed by atoms with E-state index in [-0.39, 0.29) is 11.9 Å². The zero-order chi connectivity index (χ0) is 20.4.